The van der Waals surface area contributed by atoms with Gasteiger partial charge in [-0.05, 0) is 56.1 Å². The minimum atomic E-state index is -3.75. The van der Waals surface area contributed by atoms with Crippen molar-refractivity contribution in [2.45, 2.75) is 24.7 Å². The number of hydrogen-bond donors (Lipinski definition) is 0. The number of benzene rings is 2. The molecule has 0 atom stereocenters. The van der Waals surface area contributed by atoms with Gasteiger partial charge in [-0.2, -0.15) is 0 Å². The van der Waals surface area contributed by atoms with Crippen LogP contribution in [0.15, 0.2) is 53.4 Å². The number of para-hydroxylation sites is 3. The van der Waals surface area contributed by atoms with Crippen molar-refractivity contribution in [3.63, 3.8) is 0 Å². The Morgan fingerprint density at radius 1 is 0.964 bits per heavy atom. The molecule has 2 aliphatic heterocycles. The van der Waals surface area contributed by atoms with Crippen LogP contribution in [0.3, 0.4) is 0 Å². The molecule has 4 rings (SSSR count). The van der Waals surface area contributed by atoms with Gasteiger partial charge < -0.3 is 0 Å². The van der Waals surface area contributed by atoms with Crippen LogP contribution in [0.5, 0.6) is 0 Å². The lowest BCUT2D eigenvalue weighted by atomic mass is 9.99. The number of carbonyl (C=O) groups is 1. The van der Waals surface area contributed by atoms with E-state index in [4.69, 9.17) is 0 Å². The lowest BCUT2D eigenvalue weighted by Gasteiger charge is -2.32. The van der Waals surface area contributed by atoms with Gasteiger partial charge in [-0.3, -0.25) is 18.9 Å². The van der Waals surface area contributed by atoms with Crippen LogP contribution in [0, 0.1) is 5.92 Å². The van der Waals surface area contributed by atoms with Crippen molar-refractivity contribution in [1.82, 2.24) is 4.90 Å². The van der Waals surface area contributed by atoms with Crippen molar-refractivity contribution in [2.75, 3.05) is 35.9 Å². The first-order valence-corrected chi connectivity index (χ1v) is 11.1. The first-order valence-electron chi connectivity index (χ1n) is 9.62. The Balaban J connectivity index is 1.80. The van der Waals surface area contributed by atoms with E-state index in [2.05, 4.69) is 11.8 Å². The van der Waals surface area contributed by atoms with Crippen LogP contribution in [0.4, 0.5) is 17.1 Å². The monoisotopic (exact) mass is 399 g/mol. The van der Waals surface area contributed by atoms with Gasteiger partial charge in [0.2, 0.25) is 5.91 Å². The van der Waals surface area contributed by atoms with Gasteiger partial charge in [-0.15, -0.1) is 0 Å². The predicted molar refractivity (Wildman–Crippen MR) is 110 cm³/mol. The number of carbonyl (C=O) groups excluding carboxylic acids is 1. The summed E-state index contributed by atoms with van der Waals surface area (Å²) in [6.45, 7) is 4.30. The van der Waals surface area contributed by atoms with Crippen molar-refractivity contribution in [3.05, 3.63) is 48.5 Å². The zero-order valence-electron chi connectivity index (χ0n) is 16.2. The third-order valence-corrected chi connectivity index (χ3v) is 7.51. The van der Waals surface area contributed by atoms with Crippen molar-refractivity contribution < 1.29 is 13.2 Å². The zero-order valence-corrected chi connectivity index (χ0v) is 17.0. The first-order chi connectivity index (χ1) is 13.4. The minimum absolute atomic E-state index is 0.111. The van der Waals surface area contributed by atoms with E-state index < -0.39 is 10.0 Å². The Morgan fingerprint density at radius 3 is 2.21 bits per heavy atom. The molecule has 2 aromatic rings. The van der Waals surface area contributed by atoms with Crippen LogP contribution in [0.1, 0.15) is 19.8 Å². The van der Waals surface area contributed by atoms with E-state index in [1.165, 1.54) is 11.4 Å². The van der Waals surface area contributed by atoms with Gasteiger partial charge in [0.05, 0.1) is 23.6 Å². The number of nitrogens with zero attached hydrogens (tertiary/aromatic N) is 3. The molecule has 1 amide bonds. The minimum Gasteiger partial charge on any atom is -0.294 e. The van der Waals surface area contributed by atoms with Gasteiger partial charge in [-0.25, -0.2) is 8.42 Å². The third kappa shape index (κ3) is 3.18. The summed E-state index contributed by atoms with van der Waals surface area (Å²) in [5.74, 6) is 0.574. The maximum Gasteiger partial charge on any atom is 0.266 e. The third-order valence-electron chi connectivity index (χ3n) is 5.69. The summed E-state index contributed by atoms with van der Waals surface area (Å²) < 4.78 is 27.6. The maximum absolute atomic E-state index is 13.4. The predicted octanol–water partition coefficient (Wildman–Crippen LogP) is 3.22. The van der Waals surface area contributed by atoms with Gasteiger partial charge in [0.15, 0.2) is 0 Å². The topological polar surface area (TPSA) is 60.9 Å². The first kappa shape index (κ1) is 19.0. The second-order valence-electron chi connectivity index (χ2n) is 7.62. The van der Waals surface area contributed by atoms with Gasteiger partial charge in [0.25, 0.3) is 10.0 Å². The number of fused-ring (bicyclic) bond motifs is 2. The van der Waals surface area contributed by atoms with Crippen LogP contribution in [0.2, 0.25) is 0 Å². The number of amides is 1. The summed E-state index contributed by atoms with van der Waals surface area (Å²) in [7, 11) is -2.22. The Labute approximate surface area is 166 Å². The molecular formula is C21H25N3O3S. The van der Waals surface area contributed by atoms with Crippen LogP contribution in [-0.4, -0.2) is 45.9 Å². The van der Waals surface area contributed by atoms with Crippen LogP contribution >= 0.6 is 0 Å². The molecule has 0 bridgehead atoms. The van der Waals surface area contributed by atoms with E-state index in [0.29, 0.717) is 23.0 Å². The van der Waals surface area contributed by atoms with E-state index >= 15 is 0 Å². The van der Waals surface area contributed by atoms with Gasteiger partial charge >= 0.3 is 0 Å². The molecule has 0 saturated carbocycles. The molecule has 6 nitrogen and oxygen atoms in total. The summed E-state index contributed by atoms with van der Waals surface area (Å²) in [6.07, 6.45) is 2.16. The number of likely N-dealkylation sites (tertiary alicyclic amines) is 1. The fraction of sp³-hybridized carbons (Fsp3) is 0.381. The maximum atomic E-state index is 13.4. The number of hydrogen-bond acceptors (Lipinski definition) is 4. The van der Waals surface area contributed by atoms with Gasteiger partial charge in [0, 0.05) is 7.05 Å². The van der Waals surface area contributed by atoms with Crippen molar-refractivity contribution in [1.29, 1.82) is 0 Å². The Hall–Kier alpha value is -2.38. The number of anilines is 3. The second-order valence-corrected chi connectivity index (χ2v) is 9.55. The molecular weight excluding hydrogens is 374 g/mol. The highest BCUT2D eigenvalue weighted by molar-refractivity contribution is 7.93. The van der Waals surface area contributed by atoms with Crippen LogP contribution < -0.4 is 9.21 Å². The largest absolute Gasteiger partial charge is 0.294 e. The summed E-state index contributed by atoms with van der Waals surface area (Å²) in [5, 5.41) is 0. The molecule has 148 valence electrons. The van der Waals surface area contributed by atoms with E-state index in [1.54, 1.807) is 47.4 Å². The normalized spacial score (nSPS) is 19.6. The number of rotatable bonds is 2. The molecule has 0 aromatic heterocycles. The molecule has 28 heavy (non-hydrogen) atoms. The lowest BCUT2D eigenvalue weighted by molar-refractivity contribution is -0.119. The van der Waals surface area contributed by atoms with Crippen LogP contribution in [0.25, 0.3) is 0 Å². The number of piperidine rings is 1. The second kappa shape index (κ2) is 7.22. The van der Waals surface area contributed by atoms with Crippen molar-refractivity contribution >= 4 is 33.0 Å². The van der Waals surface area contributed by atoms with E-state index in [0.717, 1.165) is 25.9 Å². The molecule has 0 unspecified atom stereocenters. The van der Waals surface area contributed by atoms with E-state index in [-0.39, 0.29) is 17.3 Å². The molecule has 2 heterocycles. The quantitative estimate of drug-likeness (QED) is 0.778. The highest BCUT2D eigenvalue weighted by Crippen LogP contribution is 2.43. The molecule has 7 heteroatoms. The average molecular weight is 400 g/mol. The molecule has 1 saturated heterocycles. The molecule has 2 aliphatic rings. The molecule has 2 aromatic carbocycles. The zero-order chi connectivity index (χ0) is 19.9. The van der Waals surface area contributed by atoms with Gasteiger partial charge in [-0.1, -0.05) is 31.2 Å². The molecule has 0 radical (unpaired) electrons. The molecule has 0 N–H and O–H groups in total. The van der Waals surface area contributed by atoms with Gasteiger partial charge in [0.1, 0.15) is 4.90 Å². The van der Waals surface area contributed by atoms with Crippen LogP contribution in [-0.2, 0) is 14.8 Å². The summed E-state index contributed by atoms with van der Waals surface area (Å²) in [4.78, 5) is 17.3. The van der Waals surface area contributed by atoms with E-state index in [1.807, 2.05) is 6.07 Å². The molecule has 0 aliphatic carbocycles. The number of sulfonamides is 1. The summed E-state index contributed by atoms with van der Waals surface area (Å²) in [6, 6.07) is 13.9. The molecule has 1 fully saturated rings. The van der Waals surface area contributed by atoms with Crippen molar-refractivity contribution in [3.8, 4) is 0 Å². The highest BCUT2D eigenvalue weighted by Gasteiger charge is 2.36. The van der Waals surface area contributed by atoms with Crippen molar-refractivity contribution in [2.24, 2.45) is 5.92 Å². The average Bonchev–Trinajstić information content (AvgIpc) is 2.76. The smallest absolute Gasteiger partial charge is 0.266 e. The molecule has 0 spiro atoms. The fourth-order valence-corrected chi connectivity index (χ4v) is 5.32. The highest BCUT2D eigenvalue weighted by atomic mass is 32.2. The van der Waals surface area contributed by atoms with E-state index in [9.17, 15) is 13.2 Å². The standard InChI is InChI=1S/C21H25N3O3S/c1-16-11-13-23(14-12-16)15-21(25)24-18-8-4-3-7-17(18)22(2)28(26,27)20-10-6-5-9-19(20)24/h3-10,16H,11-15H2,1-2H3. The SMILES string of the molecule is CC1CCN(CC(=O)N2c3ccccc3N(C)S(=O)(=O)c3ccccc32)CC1. The fourth-order valence-electron chi connectivity index (χ4n) is 3.94. The summed E-state index contributed by atoms with van der Waals surface area (Å²) in [5.41, 5.74) is 1.50. The lowest BCUT2D eigenvalue weighted by Crippen LogP contribution is -2.41. The Kier molecular flexibility index (Phi) is 4.89. The Morgan fingerprint density at radius 2 is 1.54 bits per heavy atom. The Bertz CT molecular complexity index is 997. The summed E-state index contributed by atoms with van der Waals surface area (Å²) >= 11 is 0.